The van der Waals surface area contributed by atoms with Gasteiger partial charge in [-0.25, -0.2) is 0 Å². The summed E-state index contributed by atoms with van der Waals surface area (Å²) >= 11 is 0. The summed E-state index contributed by atoms with van der Waals surface area (Å²) in [6.45, 7) is 5.28. The van der Waals surface area contributed by atoms with E-state index in [1.165, 1.54) is 0 Å². The van der Waals surface area contributed by atoms with Crippen LogP contribution >= 0.6 is 0 Å². The van der Waals surface area contributed by atoms with Crippen molar-refractivity contribution >= 4 is 5.97 Å². The quantitative estimate of drug-likeness (QED) is 0.717. The lowest BCUT2D eigenvalue weighted by atomic mass is 10.1. The molecule has 0 fully saturated rings. The molecule has 108 valence electrons. The fourth-order valence-corrected chi connectivity index (χ4v) is 2.00. The van der Waals surface area contributed by atoms with E-state index in [2.05, 4.69) is 6.07 Å². The SMILES string of the molecule is CC(C#N)CN(C)CC(C)C(=O)OCc1ccccc1. The second kappa shape index (κ2) is 8.34. The summed E-state index contributed by atoms with van der Waals surface area (Å²) in [4.78, 5) is 13.9. The average Bonchev–Trinajstić information content (AvgIpc) is 2.45. The number of benzene rings is 1. The number of nitriles is 1. The zero-order valence-corrected chi connectivity index (χ0v) is 12.4. The third kappa shape index (κ3) is 5.85. The van der Waals surface area contributed by atoms with Crippen molar-refractivity contribution in [3.8, 4) is 6.07 Å². The summed E-state index contributed by atoms with van der Waals surface area (Å²) in [5.74, 6) is -0.438. The molecule has 0 aliphatic carbocycles. The third-order valence-corrected chi connectivity index (χ3v) is 3.02. The highest BCUT2D eigenvalue weighted by Crippen LogP contribution is 2.07. The lowest BCUT2D eigenvalue weighted by molar-refractivity contribution is -0.149. The Hall–Kier alpha value is -1.86. The topological polar surface area (TPSA) is 53.3 Å². The van der Waals surface area contributed by atoms with E-state index in [-0.39, 0.29) is 17.8 Å². The fourth-order valence-electron chi connectivity index (χ4n) is 2.00. The van der Waals surface area contributed by atoms with Crippen LogP contribution in [0.25, 0.3) is 0 Å². The second-order valence-electron chi connectivity index (χ2n) is 5.25. The molecule has 20 heavy (non-hydrogen) atoms. The first-order valence-corrected chi connectivity index (χ1v) is 6.81. The summed E-state index contributed by atoms with van der Waals surface area (Å²) in [6, 6.07) is 11.8. The highest BCUT2D eigenvalue weighted by atomic mass is 16.5. The largest absolute Gasteiger partial charge is 0.461 e. The Morgan fingerprint density at radius 3 is 2.55 bits per heavy atom. The predicted molar refractivity (Wildman–Crippen MR) is 77.7 cm³/mol. The molecule has 0 aliphatic heterocycles. The van der Waals surface area contributed by atoms with E-state index < -0.39 is 0 Å². The Bertz CT molecular complexity index is 453. The first-order chi connectivity index (χ1) is 9.52. The number of nitrogens with zero attached hydrogens (tertiary/aromatic N) is 2. The number of rotatable bonds is 7. The van der Waals surface area contributed by atoms with Crippen LogP contribution < -0.4 is 0 Å². The molecule has 0 radical (unpaired) electrons. The molecule has 2 unspecified atom stereocenters. The third-order valence-electron chi connectivity index (χ3n) is 3.02. The van der Waals surface area contributed by atoms with Crippen molar-refractivity contribution in [1.82, 2.24) is 4.90 Å². The van der Waals surface area contributed by atoms with E-state index in [1.807, 2.05) is 56.1 Å². The summed E-state index contributed by atoms with van der Waals surface area (Å²) in [5, 5.41) is 8.77. The van der Waals surface area contributed by atoms with E-state index in [9.17, 15) is 4.79 Å². The Balaban J connectivity index is 2.34. The lowest BCUT2D eigenvalue weighted by Crippen LogP contribution is -2.32. The maximum absolute atomic E-state index is 11.9. The normalized spacial score (nSPS) is 13.6. The molecule has 0 N–H and O–H groups in total. The average molecular weight is 274 g/mol. The van der Waals surface area contributed by atoms with Crippen LogP contribution in [0.15, 0.2) is 30.3 Å². The summed E-state index contributed by atoms with van der Waals surface area (Å²) < 4.78 is 5.29. The van der Waals surface area contributed by atoms with Crippen molar-refractivity contribution in [3.63, 3.8) is 0 Å². The predicted octanol–water partition coefficient (Wildman–Crippen LogP) is 2.46. The highest BCUT2D eigenvalue weighted by Gasteiger charge is 2.17. The molecule has 1 aromatic rings. The Morgan fingerprint density at radius 2 is 1.95 bits per heavy atom. The Labute approximate surface area is 121 Å². The Kier molecular flexibility index (Phi) is 6.75. The van der Waals surface area contributed by atoms with E-state index >= 15 is 0 Å². The van der Waals surface area contributed by atoms with Crippen molar-refractivity contribution in [2.75, 3.05) is 20.1 Å². The number of hydrogen-bond donors (Lipinski definition) is 0. The van der Waals surface area contributed by atoms with Gasteiger partial charge in [0.25, 0.3) is 0 Å². The van der Waals surface area contributed by atoms with Crippen molar-refractivity contribution in [3.05, 3.63) is 35.9 Å². The number of hydrogen-bond acceptors (Lipinski definition) is 4. The van der Waals surface area contributed by atoms with Gasteiger partial charge in [0.05, 0.1) is 17.9 Å². The Morgan fingerprint density at radius 1 is 1.30 bits per heavy atom. The molecular formula is C16H22N2O2. The second-order valence-corrected chi connectivity index (χ2v) is 5.25. The van der Waals surface area contributed by atoms with Gasteiger partial charge in [-0.15, -0.1) is 0 Å². The standard InChI is InChI=1S/C16H22N2O2/c1-13(9-17)10-18(3)11-14(2)16(19)20-12-15-7-5-4-6-8-15/h4-8,13-14H,10-12H2,1-3H3. The van der Waals surface area contributed by atoms with Crippen molar-refractivity contribution in [2.24, 2.45) is 11.8 Å². The van der Waals surface area contributed by atoms with Crippen LogP contribution in [-0.2, 0) is 16.1 Å². The molecule has 0 saturated carbocycles. The number of esters is 1. The van der Waals surface area contributed by atoms with Gasteiger partial charge in [-0.05, 0) is 19.5 Å². The van der Waals surface area contributed by atoms with E-state index in [1.54, 1.807) is 0 Å². The molecular weight excluding hydrogens is 252 g/mol. The highest BCUT2D eigenvalue weighted by molar-refractivity contribution is 5.72. The summed E-state index contributed by atoms with van der Waals surface area (Å²) in [6.07, 6.45) is 0. The van der Waals surface area contributed by atoms with Gasteiger partial charge < -0.3 is 9.64 Å². The van der Waals surface area contributed by atoms with Crippen LogP contribution in [0.1, 0.15) is 19.4 Å². The smallest absolute Gasteiger partial charge is 0.310 e. The molecule has 1 rings (SSSR count). The molecule has 2 atom stereocenters. The van der Waals surface area contributed by atoms with E-state index in [0.717, 1.165) is 5.56 Å². The zero-order valence-electron chi connectivity index (χ0n) is 12.4. The minimum absolute atomic E-state index is 0.0347. The molecule has 0 aliphatic rings. The van der Waals surface area contributed by atoms with E-state index in [0.29, 0.717) is 19.7 Å². The van der Waals surface area contributed by atoms with E-state index in [4.69, 9.17) is 10.00 Å². The summed E-state index contributed by atoms with van der Waals surface area (Å²) in [7, 11) is 1.91. The van der Waals surface area contributed by atoms with Crippen LogP contribution in [0, 0.1) is 23.2 Å². The van der Waals surface area contributed by atoms with Crippen LogP contribution in [0.5, 0.6) is 0 Å². The molecule has 0 amide bonds. The minimum Gasteiger partial charge on any atom is -0.461 e. The minimum atomic E-state index is -0.203. The van der Waals surface area contributed by atoms with Gasteiger partial charge >= 0.3 is 5.97 Å². The summed E-state index contributed by atoms with van der Waals surface area (Å²) in [5.41, 5.74) is 0.986. The first-order valence-electron chi connectivity index (χ1n) is 6.81. The van der Waals surface area contributed by atoms with Gasteiger partial charge in [0.15, 0.2) is 0 Å². The van der Waals surface area contributed by atoms with Crippen LogP contribution in [-0.4, -0.2) is 31.0 Å². The molecule has 0 saturated heterocycles. The number of carbonyl (C=O) groups excluding carboxylic acids is 1. The maximum Gasteiger partial charge on any atom is 0.310 e. The maximum atomic E-state index is 11.9. The molecule has 0 bridgehead atoms. The van der Waals surface area contributed by atoms with Crippen molar-refractivity contribution in [1.29, 1.82) is 5.26 Å². The van der Waals surface area contributed by atoms with Crippen molar-refractivity contribution < 1.29 is 9.53 Å². The molecule has 0 heterocycles. The van der Waals surface area contributed by atoms with Gasteiger partial charge in [0.2, 0.25) is 0 Å². The van der Waals surface area contributed by atoms with Crippen LogP contribution in [0.4, 0.5) is 0 Å². The van der Waals surface area contributed by atoms with Crippen LogP contribution in [0.2, 0.25) is 0 Å². The van der Waals surface area contributed by atoms with Gasteiger partial charge in [-0.1, -0.05) is 37.3 Å². The van der Waals surface area contributed by atoms with Gasteiger partial charge in [0.1, 0.15) is 6.61 Å². The number of carbonyl (C=O) groups is 1. The van der Waals surface area contributed by atoms with Crippen LogP contribution in [0.3, 0.4) is 0 Å². The van der Waals surface area contributed by atoms with Gasteiger partial charge in [-0.2, -0.15) is 5.26 Å². The first kappa shape index (κ1) is 16.2. The molecule has 4 heteroatoms. The van der Waals surface area contributed by atoms with Gasteiger partial charge in [-0.3, -0.25) is 4.79 Å². The molecule has 1 aromatic carbocycles. The lowest BCUT2D eigenvalue weighted by Gasteiger charge is -2.21. The molecule has 0 spiro atoms. The monoisotopic (exact) mass is 274 g/mol. The zero-order chi connectivity index (χ0) is 15.0. The van der Waals surface area contributed by atoms with Crippen molar-refractivity contribution in [2.45, 2.75) is 20.5 Å². The molecule has 4 nitrogen and oxygen atoms in total. The number of ether oxygens (including phenoxy) is 1. The molecule has 0 aromatic heterocycles. The fraction of sp³-hybridized carbons (Fsp3) is 0.500. The van der Waals surface area contributed by atoms with Gasteiger partial charge in [0, 0.05) is 13.1 Å².